The summed E-state index contributed by atoms with van der Waals surface area (Å²) in [4.78, 5) is 63.0. The van der Waals surface area contributed by atoms with Crippen molar-refractivity contribution in [1.82, 2.24) is 0 Å². The fraction of sp³-hybridized carbons (Fsp3) is 0.679. The molecule has 2 aliphatic carbocycles. The van der Waals surface area contributed by atoms with Crippen molar-refractivity contribution >= 4 is 29.8 Å². The van der Waals surface area contributed by atoms with Gasteiger partial charge in [-0.15, -0.1) is 0 Å². The largest absolute Gasteiger partial charge is 0.472 e. The standard InChI is InChI=1S/C28H36O13/c1-14(29)36-13-27-21(40-24(33)18-8-9-35-12-18)10-19-22(38-16(3)31)28(27,41-25(19,5)6)26(7,34)11-20(37-15(2)30)23(27)39-17(4)32/h8-9,12,19-23,34H,10-11,13H2,1-7H3/t19-,20+,21+,22-,23+,26+,27-,28+/m1/s1. The number of fused-ring (bicyclic) bond motifs is 1. The summed E-state index contributed by atoms with van der Waals surface area (Å²) in [6.45, 7) is 8.87. The summed E-state index contributed by atoms with van der Waals surface area (Å²) in [5.74, 6) is -4.43. The maximum atomic E-state index is 13.4. The number of carbonyl (C=O) groups excluding carboxylic acids is 5. The molecule has 1 aromatic rings. The van der Waals surface area contributed by atoms with Gasteiger partial charge in [-0.1, -0.05) is 0 Å². The zero-order valence-electron chi connectivity index (χ0n) is 24.1. The van der Waals surface area contributed by atoms with E-state index < -0.39 is 89.0 Å². The maximum absolute atomic E-state index is 13.4. The molecule has 0 unspecified atom stereocenters. The molecule has 1 saturated heterocycles. The highest BCUT2D eigenvalue weighted by Crippen LogP contribution is 2.69. The Morgan fingerprint density at radius 3 is 2.05 bits per heavy atom. The fourth-order valence-corrected chi connectivity index (χ4v) is 7.19. The molecule has 13 heteroatoms. The van der Waals surface area contributed by atoms with Crippen molar-refractivity contribution in [3.63, 3.8) is 0 Å². The van der Waals surface area contributed by atoms with Crippen LogP contribution in [-0.2, 0) is 47.6 Å². The molecule has 0 aromatic carbocycles. The van der Waals surface area contributed by atoms with Crippen LogP contribution in [0.5, 0.6) is 0 Å². The number of rotatable bonds is 7. The minimum atomic E-state index is -1.99. The predicted molar refractivity (Wildman–Crippen MR) is 135 cm³/mol. The van der Waals surface area contributed by atoms with Crippen molar-refractivity contribution in [2.75, 3.05) is 6.61 Å². The lowest BCUT2D eigenvalue weighted by molar-refractivity contribution is -0.355. The number of hydrogen-bond donors (Lipinski definition) is 1. The van der Waals surface area contributed by atoms with Gasteiger partial charge in [0, 0.05) is 40.0 Å². The number of hydrogen-bond acceptors (Lipinski definition) is 13. The van der Waals surface area contributed by atoms with Crippen LogP contribution in [0.2, 0.25) is 0 Å². The quantitative estimate of drug-likeness (QED) is 0.366. The first kappa shape index (κ1) is 30.5. The third-order valence-electron chi connectivity index (χ3n) is 8.48. The second kappa shape index (κ2) is 10.4. The van der Waals surface area contributed by atoms with Crippen molar-refractivity contribution in [3.05, 3.63) is 24.2 Å². The lowest BCUT2D eigenvalue weighted by Crippen LogP contribution is -2.83. The van der Waals surface area contributed by atoms with Crippen LogP contribution >= 0.6 is 0 Å². The zero-order valence-corrected chi connectivity index (χ0v) is 24.1. The number of furan rings is 1. The van der Waals surface area contributed by atoms with E-state index in [1.54, 1.807) is 13.8 Å². The molecule has 8 atom stereocenters. The van der Waals surface area contributed by atoms with Gasteiger partial charge in [-0.3, -0.25) is 19.2 Å². The molecule has 1 aliphatic heterocycles. The molecule has 2 saturated carbocycles. The van der Waals surface area contributed by atoms with E-state index >= 15 is 0 Å². The van der Waals surface area contributed by atoms with E-state index in [9.17, 15) is 29.1 Å². The van der Waals surface area contributed by atoms with Gasteiger partial charge in [0.1, 0.15) is 36.6 Å². The lowest BCUT2D eigenvalue weighted by Gasteiger charge is -2.65. The van der Waals surface area contributed by atoms with Crippen LogP contribution < -0.4 is 0 Å². The second-order valence-corrected chi connectivity index (χ2v) is 11.7. The average Bonchev–Trinajstić information content (AvgIpc) is 3.41. The van der Waals surface area contributed by atoms with Gasteiger partial charge in [-0.05, 0) is 33.3 Å². The van der Waals surface area contributed by atoms with Gasteiger partial charge in [0.05, 0.1) is 23.0 Å². The minimum absolute atomic E-state index is 0.0296. The van der Waals surface area contributed by atoms with Crippen LogP contribution in [0.15, 0.2) is 23.0 Å². The third kappa shape index (κ3) is 4.88. The molecule has 0 radical (unpaired) electrons. The van der Waals surface area contributed by atoms with Crippen LogP contribution in [0.25, 0.3) is 0 Å². The molecule has 3 fully saturated rings. The van der Waals surface area contributed by atoms with Crippen LogP contribution in [0.3, 0.4) is 0 Å². The number of aliphatic hydroxyl groups is 1. The summed E-state index contributed by atoms with van der Waals surface area (Å²) in [6, 6.07) is 1.39. The predicted octanol–water partition coefficient (Wildman–Crippen LogP) is 1.87. The van der Waals surface area contributed by atoms with E-state index in [1.165, 1.54) is 32.4 Å². The summed E-state index contributed by atoms with van der Waals surface area (Å²) in [5.41, 5.74) is -6.96. The Hall–Kier alpha value is -3.45. The summed E-state index contributed by atoms with van der Waals surface area (Å²) in [5, 5.41) is 12.3. The Labute approximate surface area is 236 Å². The van der Waals surface area contributed by atoms with E-state index in [2.05, 4.69) is 0 Å². The highest BCUT2D eigenvalue weighted by molar-refractivity contribution is 5.89. The first-order valence-corrected chi connectivity index (χ1v) is 13.3. The Kier molecular flexibility index (Phi) is 7.76. The fourth-order valence-electron chi connectivity index (χ4n) is 7.19. The molecule has 13 nitrogen and oxygen atoms in total. The van der Waals surface area contributed by atoms with Crippen molar-refractivity contribution in [3.8, 4) is 0 Å². The van der Waals surface area contributed by atoms with E-state index in [1.807, 2.05) is 0 Å². The highest BCUT2D eigenvalue weighted by atomic mass is 16.6. The number of ether oxygens (including phenoxy) is 6. The molecule has 1 N–H and O–H groups in total. The van der Waals surface area contributed by atoms with Gasteiger partial charge in [0.25, 0.3) is 0 Å². The van der Waals surface area contributed by atoms with Gasteiger partial charge in [-0.2, -0.15) is 0 Å². The Balaban J connectivity index is 2.06. The van der Waals surface area contributed by atoms with Gasteiger partial charge in [-0.25, -0.2) is 4.79 Å². The molecule has 226 valence electrons. The van der Waals surface area contributed by atoms with Crippen molar-refractivity contribution < 1.29 is 61.9 Å². The van der Waals surface area contributed by atoms with Crippen LogP contribution in [0.4, 0.5) is 0 Å². The molecule has 41 heavy (non-hydrogen) atoms. The molecule has 3 aliphatic rings. The van der Waals surface area contributed by atoms with Gasteiger partial charge in [0.15, 0.2) is 11.7 Å². The SMILES string of the molecule is CC(=O)OC[C@]12[C@@H](OC(=O)c3ccoc3)C[C@@H]3[C@@H](OC(C)=O)[C@]1(OC3(C)C)[C@@](C)(O)C[C@H](OC(C)=O)[C@@H]2OC(C)=O. The molecule has 1 spiro atoms. The van der Waals surface area contributed by atoms with E-state index in [0.29, 0.717) is 0 Å². The number of carbonyl (C=O) groups is 5. The molecule has 1 aromatic heterocycles. The first-order valence-electron chi connectivity index (χ1n) is 13.3. The van der Waals surface area contributed by atoms with E-state index in [0.717, 1.165) is 20.8 Å². The van der Waals surface area contributed by atoms with Crippen molar-refractivity contribution in [2.45, 2.75) is 103 Å². The molecule has 0 amide bonds. The molecular weight excluding hydrogens is 544 g/mol. The minimum Gasteiger partial charge on any atom is -0.472 e. The summed E-state index contributed by atoms with van der Waals surface area (Å²) in [7, 11) is 0. The van der Waals surface area contributed by atoms with Crippen molar-refractivity contribution in [1.29, 1.82) is 0 Å². The topological polar surface area (TPSA) is 174 Å². The molecule has 4 rings (SSSR count). The van der Waals surface area contributed by atoms with Gasteiger partial charge in [0.2, 0.25) is 0 Å². The molecule has 2 heterocycles. The first-order chi connectivity index (χ1) is 19.0. The Bertz CT molecular complexity index is 1220. The smallest absolute Gasteiger partial charge is 0.341 e. The third-order valence-corrected chi connectivity index (χ3v) is 8.48. The van der Waals surface area contributed by atoms with E-state index in [4.69, 9.17) is 32.8 Å². The highest BCUT2D eigenvalue weighted by Gasteiger charge is 2.86. The molecular formula is C28H36O13. The van der Waals surface area contributed by atoms with E-state index in [-0.39, 0.29) is 18.4 Å². The van der Waals surface area contributed by atoms with Crippen molar-refractivity contribution in [2.24, 2.45) is 11.3 Å². The summed E-state index contributed by atoms with van der Waals surface area (Å²) < 4.78 is 40.7. The van der Waals surface area contributed by atoms with Crippen LogP contribution in [0.1, 0.15) is 71.7 Å². The molecule has 2 bridgehead atoms. The average molecular weight is 581 g/mol. The maximum Gasteiger partial charge on any atom is 0.341 e. The summed E-state index contributed by atoms with van der Waals surface area (Å²) >= 11 is 0. The van der Waals surface area contributed by atoms with Crippen LogP contribution in [0, 0.1) is 11.3 Å². The van der Waals surface area contributed by atoms with Gasteiger partial charge >= 0.3 is 29.8 Å². The summed E-state index contributed by atoms with van der Waals surface area (Å²) in [6.07, 6.45) is -3.14. The Morgan fingerprint density at radius 1 is 0.902 bits per heavy atom. The zero-order chi connectivity index (χ0) is 30.5. The normalized spacial score (nSPS) is 36.8. The van der Waals surface area contributed by atoms with Gasteiger partial charge < -0.3 is 37.9 Å². The second-order valence-electron chi connectivity index (χ2n) is 11.7. The monoisotopic (exact) mass is 580 g/mol. The lowest BCUT2D eigenvalue weighted by atomic mass is 9.46. The number of esters is 5. The van der Waals surface area contributed by atoms with Crippen LogP contribution in [-0.4, -0.2) is 82.8 Å². The Morgan fingerprint density at radius 2 is 1.51 bits per heavy atom.